The number of hydrogen-bond acceptors (Lipinski definition) is 3. The second kappa shape index (κ2) is 13.8. The van der Waals surface area contributed by atoms with E-state index in [1.807, 2.05) is 23.5 Å². The van der Waals surface area contributed by atoms with E-state index in [1.165, 1.54) is 59.1 Å². The highest BCUT2D eigenvalue weighted by Crippen LogP contribution is 2.47. The van der Waals surface area contributed by atoms with Crippen LogP contribution >= 0.6 is 11.3 Å². The first-order chi connectivity index (χ1) is 28.2. The standard InChI is InChI=1S/C54H35NOS/c1-3-12-36(13-4-1)38-22-24-40(25-23-38)53-45(32-33-52-54(53)48-19-8-10-21-51(48)57-52)41-16-11-17-43(34-41)55(42-28-26-39(27-29-42)37-14-5-2-6-15-37)44-30-31-47-46-18-7-9-20-49(46)56-50(47)35-44/h1-35H. The molecule has 0 unspecified atom stereocenters. The van der Waals surface area contributed by atoms with Crippen LogP contribution in [0.3, 0.4) is 0 Å². The smallest absolute Gasteiger partial charge is 0.137 e. The van der Waals surface area contributed by atoms with Gasteiger partial charge >= 0.3 is 0 Å². The van der Waals surface area contributed by atoms with Gasteiger partial charge in [0.05, 0.1) is 0 Å². The van der Waals surface area contributed by atoms with Crippen LogP contribution in [0.25, 0.3) is 86.6 Å². The molecule has 2 aromatic heterocycles. The fourth-order valence-corrected chi connectivity index (χ4v) is 9.48. The Hall–Kier alpha value is -7.20. The Bertz CT molecular complexity index is 3210. The van der Waals surface area contributed by atoms with Crippen molar-refractivity contribution in [2.45, 2.75) is 0 Å². The fraction of sp³-hybridized carbons (Fsp3) is 0. The van der Waals surface area contributed by atoms with E-state index < -0.39 is 0 Å². The number of hydrogen-bond donors (Lipinski definition) is 0. The third kappa shape index (κ3) is 5.88. The molecule has 0 amide bonds. The molecule has 11 aromatic rings. The van der Waals surface area contributed by atoms with E-state index in [0.717, 1.165) is 44.6 Å². The summed E-state index contributed by atoms with van der Waals surface area (Å²) in [6.07, 6.45) is 0. The Morgan fingerprint density at radius 2 is 0.895 bits per heavy atom. The lowest BCUT2D eigenvalue weighted by Gasteiger charge is -2.26. The van der Waals surface area contributed by atoms with Gasteiger partial charge in [-0.2, -0.15) is 0 Å². The van der Waals surface area contributed by atoms with Crippen LogP contribution in [0, 0.1) is 0 Å². The number of benzene rings is 9. The first kappa shape index (κ1) is 33.2. The van der Waals surface area contributed by atoms with Crippen molar-refractivity contribution in [3.8, 4) is 44.5 Å². The highest BCUT2D eigenvalue weighted by Gasteiger charge is 2.20. The first-order valence-corrected chi connectivity index (χ1v) is 20.1. The lowest BCUT2D eigenvalue weighted by Crippen LogP contribution is -2.10. The minimum absolute atomic E-state index is 0.867. The molecule has 0 saturated carbocycles. The molecule has 0 spiro atoms. The van der Waals surface area contributed by atoms with Gasteiger partial charge in [0, 0.05) is 54.1 Å². The minimum Gasteiger partial charge on any atom is -0.456 e. The number of furan rings is 1. The van der Waals surface area contributed by atoms with Gasteiger partial charge in [-0.15, -0.1) is 11.3 Å². The largest absolute Gasteiger partial charge is 0.456 e. The molecule has 0 aliphatic rings. The quantitative estimate of drug-likeness (QED) is 0.162. The summed E-state index contributed by atoms with van der Waals surface area (Å²) in [6.45, 7) is 0. The van der Waals surface area contributed by atoms with Crippen molar-refractivity contribution < 1.29 is 4.42 Å². The van der Waals surface area contributed by atoms with Crippen molar-refractivity contribution in [2.24, 2.45) is 0 Å². The second-order valence-corrected chi connectivity index (χ2v) is 15.6. The minimum atomic E-state index is 0.867. The molecule has 9 aromatic carbocycles. The maximum atomic E-state index is 6.43. The summed E-state index contributed by atoms with van der Waals surface area (Å²) >= 11 is 1.86. The monoisotopic (exact) mass is 745 g/mol. The summed E-state index contributed by atoms with van der Waals surface area (Å²) in [5, 5.41) is 4.83. The SMILES string of the molecule is c1ccc(-c2ccc(-c3c(-c4cccc(N(c5ccc(-c6ccccc6)cc5)c5ccc6c(c5)oc5ccccc56)c4)ccc4sc5ccccc5c34)cc2)cc1. The van der Waals surface area contributed by atoms with Crippen LogP contribution < -0.4 is 4.90 Å². The lowest BCUT2D eigenvalue weighted by molar-refractivity contribution is 0.669. The molecular formula is C54H35NOS. The van der Waals surface area contributed by atoms with Crippen LogP contribution in [0.15, 0.2) is 217 Å². The Labute approximate surface area is 335 Å². The topological polar surface area (TPSA) is 16.4 Å². The number of para-hydroxylation sites is 1. The Morgan fingerprint density at radius 1 is 0.333 bits per heavy atom. The molecule has 0 aliphatic carbocycles. The van der Waals surface area contributed by atoms with Gasteiger partial charge < -0.3 is 9.32 Å². The number of nitrogens with zero attached hydrogens (tertiary/aromatic N) is 1. The number of thiophene rings is 1. The molecule has 57 heavy (non-hydrogen) atoms. The van der Waals surface area contributed by atoms with Gasteiger partial charge in [0.2, 0.25) is 0 Å². The molecule has 0 aliphatic heterocycles. The number of anilines is 3. The molecule has 3 heteroatoms. The zero-order valence-corrected chi connectivity index (χ0v) is 31.8. The zero-order chi connectivity index (χ0) is 37.7. The molecule has 2 heterocycles. The molecule has 0 bridgehead atoms. The van der Waals surface area contributed by atoms with E-state index in [1.54, 1.807) is 0 Å². The summed E-state index contributed by atoms with van der Waals surface area (Å²) in [5.41, 5.74) is 14.5. The predicted octanol–water partition coefficient (Wildman–Crippen LogP) is 16.1. The maximum absolute atomic E-state index is 6.43. The maximum Gasteiger partial charge on any atom is 0.137 e. The highest BCUT2D eigenvalue weighted by molar-refractivity contribution is 7.26. The van der Waals surface area contributed by atoms with Crippen LogP contribution in [0.4, 0.5) is 17.1 Å². The second-order valence-electron chi connectivity index (χ2n) is 14.5. The summed E-state index contributed by atoms with van der Waals surface area (Å²) in [5.74, 6) is 0. The van der Waals surface area contributed by atoms with Crippen LogP contribution in [-0.4, -0.2) is 0 Å². The van der Waals surface area contributed by atoms with Crippen molar-refractivity contribution in [3.63, 3.8) is 0 Å². The lowest BCUT2D eigenvalue weighted by atomic mass is 9.89. The van der Waals surface area contributed by atoms with Crippen molar-refractivity contribution in [3.05, 3.63) is 212 Å². The van der Waals surface area contributed by atoms with Gasteiger partial charge in [-0.25, -0.2) is 0 Å². The van der Waals surface area contributed by atoms with Crippen molar-refractivity contribution >= 4 is 70.5 Å². The van der Waals surface area contributed by atoms with Crippen LogP contribution in [0.1, 0.15) is 0 Å². The van der Waals surface area contributed by atoms with Crippen molar-refractivity contribution in [1.82, 2.24) is 0 Å². The zero-order valence-electron chi connectivity index (χ0n) is 31.0. The van der Waals surface area contributed by atoms with E-state index in [9.17, 15) is 0 Å². The highest BCUT2D eigenvalue weighted by atomic mass is 32.1. The van der Waals surface area contributed by atoms with Crippen molar-refractivity contribution in [1.29, 1.82) is 0 Å². The normalized spacial score (nSPS) is 11.5. The van der Waals surface area contributed by atoms with Gasteiger partial charge in [-0.3, -0.25) is 0 Å². The first-order valence-electron chi connectivity index (χ1n) is 19.3. The molecule has 0 radical (unpaired) electrons. The molecule has 268 valence electrons. The van der Waals surface area contributed by atoms with Gasteiger partial charge in [-0.05, 0) is 99.1 Å². The number of fused-ring (bicyclic) bond motifs is 6. The van der Waals surface area contributed by atoms with Crippen molar-refractivity contribution in [2.75, 3.05) is 4.90 Å². The number of rotatable bonds is 7. The fourth-order valence-electron chi connectivity index (χ4n) is 8.36. The van der Waals surface area contributed by atoms with E-state index >= 15 is 0 Å². The third-order valence-corrected chi connectivity index (χ3v) is 12.2. The molecule has 0 atom stereocenters. The average molecular weight is 746 g/mol. The predicted molar refractivity (Wildman–Crippen MR) is 243 cm³/mol. The van der Waals surface area contributed by atoms with Crippen LogP contribution in [0.2, 0.25) is 0 Å². The average Bonchev–Trinajstić information content (AvgIpc) is 3.85. The molecule has 2 nitrogen and oxygen atoms in total. The Morgan fingerprint density at radius 3 is 1.65 bits per heavy atom. The molecule has 0 N–H and O–H groups in total. The van der Waals surface area contributed by atoms with E-state index in [0.29, 0.717) is 0 Å². The molecular weight excluding hydrogens is 711 g/mol. The van der Waals surface area contributed by atoms with Crippen LogP contribution in [-0.2, 0) is 0 Å². The third-order valence-electron chi connectivity index (χ3n) is 11.1. The van der Waals surface area contributed by atoms with E-state index in [-0.39, 0.29) is 0 Å². The summed E-state index contributed by atoms with van der Waals surface area (Å²) in [7, 11) is 0. The summed E-state index contributed by atoms with van der Waals surface area (Å²) in [6, 6.07) is 76.4. The molecule has 0 saturated heterocycles. The van der Waals surface area contributed by atoms with E-state index in [2.05, 4.69) is 205 Å². The van der Waals surface area contributed by atoms with E-state index in [4.69, 9.17) is 4.42 Å². The molecule has 0 fully saturated rings. The van der Waals surface area contributed by atoms with Gasteiger partial charge in [-0.1, -0.05) is 152 Å². The Kier molecular flexibility index (Phi) is 8.04. The van der Waals surface area contributed by atoms with Gasteiger partial charge in [0.15, 0.2) is 0 Å². The Balaban J connectivity index is 1.09. The van der Waals surface area contributed by atoms with Crippen LogP contribution in [0.5, 0.6) is 0 Å². The molecule has 11 rings (SSSR count). The van der Waals surface area contributed by atoms with Gasteiger partial charge in [0.1, 0.15) is 11.2 Å². The summed E-state index contributed by atoms with van der Waals surface area (Å²) < 4.78 is 9.02. The van der Waals surface area contributed by atoms with Gasteiger partial charge in [0.25, 0.3) is 0 Å². The summed E-state index contributed by atoms with van der Waals surface area (Å²) in [4.78, 5) is 2.34.